The first-order valence-electron chi connectivity index (χ1n) is 7.00. The van der Waals surface area contributed by atoms with Crippen LogP contribution in [0.3, 0.4) is 0 Å². The van der Waals surface area contributed by atoms with E-state index >= 15 is 0 Å². The van der Waals surface area contributed by atoms with E-state index in [1.54, 1.807) is 31.2 Å². The summed E-state index contributed by atoms with van der Waals surface area (Å²) in [6.45, 7) is 3.78. The summed E-state index contributed by atoms with van der Waals surface area (Å²) in [5.74, 6) is -1.07. The number of ether oxygens (including phenoxy) is 2. The maximum absolute atomic E-state index is 12.0. The van der Waals surface area contributed by atoms with E-state index in [1.807, 2.05) is 6.92 Å². The summed E-state index contributed by atoms with van der Waals surface area (Å²) >= 11 is 0. The lowest BCUT2D eigenvalue weighted by Crippen LogP contribution is -2.34. The molecule has 0 aromatic heterocycles. The van der Waals surface area contributed by atoms with E-state index in [1.165, 1.54) is 0 Å². The summed E-state index contributed by atoms with van der Waals surface area (Å²) in [5.41, 5.74) is 0.334. The molecule has 0 saturated heterocycles. The number of rotatable bonds is 8. The minimum Gasteiger partial charge on any atom is -0.493 e. The average molecular weight is 308 g/mol. The maximum Gasteiger partial charge on any atom is 0.325 e. The molecule has 2 amide bonds. The molecule has 0 aliphatic heterocycles. The Bertz CT molecular complexity index is 530. The molecule has 0 atom stereocenters. The van der Waals surface area contributed by atoms with Crippen LogP contribution in [0.2, 0.25) is 0 Å². The fourth-order valence-electron chi connectivity index (χ4n) is 1.63. The number of hydrogen-bond acceptors (Lipinski definition) is 5. The lowest BCUT2D eigenvalue weighted by atomic mass is 10.2. The topological polar surface area (TPSA) is 93.7 Å². The van der Waals surface area contributed by atoms with Gasteiger partial charge in [0.25, 0.3) is 11.8 Å². The van der Waals surface area contributed by atoms with Crippen molar-refractivity contribution in [2.45, 2.75) is 13.8 Å². The molecule has 0 saturated carbocycles. The summed E-state index contributed by atoms with van der Waals surface area (Å²) in [6, 6.07) is 6.72. The molecule has 7 nitrogen and oxygen atoms in total. The van der Waals surface area contributed by atoms with Crippen LogP contribution in [-0.4, -0.2) is 44.1 Å². The summed E-state index contributed by atoms with van der Waals surface area (Å²) in [5, 5.41) is 4.92. The van der Waals surface area contributed by atoms with Gasteiger partial charge in [-0.3, -0.25) is 14.4 Å². The average Bonchev–Trinajstić information content (AvgIpc) is 2.52. The van der Waals surface area contributed by atoms with Gasteiger partial charge in [0, 0.05) is 6.54 Å². The van der Waals surface area contributed by atoms with Crippen molar-refractivity contribution in [2.24, 2.45) is 0 Å². The first-order chi connectivity index (χ1) is 10.6. The number of carbonyl (C=O) groups is 3. The Morgan fingerprint density at radius 2 is 1.82 bits per heavy atom. The van der Waals surface area contributed by atoms with Gasteiger partial charge in [-0.05, 0) is 26.0 Å². The summed E-state index contributed by atoms with van der Waals surface area (Å²) < 4.78 is 10.1. The number of nitrogens with one attached hydrogen (secondary N) is 2. The molecular weight excluding hydrogens is 288 g/mol. The van der Waals surface area contributed by atoms with Crippen LogP contribution in [0.15, 0.2) is 24.3 Å². The molecule has 22 heavy (non-hydrogen) atoms. The van der Waals surface area contributed by atoms with Crippen LogP contribution in [0, 0.1) is 0 Å². The molecule has 0 bridgehead atoms. The molecule has 0 unspecified atom stereocenters. The smallest absolute Gasteiger partial charge is 0.325 e. The monoisotopic (exact) mass is 308 g/mol. The van der Waals surface area contributed by atoms with Crippen LogP contribution < -0.4 is 15.4 Å². The third-order valence-corrected chi connectivity index (χ3v) is 2.56. The van der Waals surface area contributed by atoms with Gasteiger partial charge in [0.15, 0.2) is 6.61 Å². The molecule has 0 heterocycles. The van der Waals surface area contributed by atoms with Gasteiger partial charge in [-0.15, -0.1) is 0 Å². The number of benzene rings is 1. The van der Waals surface area contributed by atoms with Crippen molar-refractivity contribution in [1.82, 2.24) is 10.6 Å². The zero-order valence-corrected chi connectivity index (χ0v) is 12.7. The maximum atomic E-state index is 12.0. The first kappa shape index (κ1) is 17.5. The van der Waals surface area contributed by atoms with E-state index in [4.69, 9.17) is 9.47 Å². The van der Waals surface area contributed by atoms with E-state index in [0.717, 1.165) is 0 Å². The molecule has 0 radical (unpaired) electrons. The van der Waals surface area contributed by atoms with E-state index in [9.17, 15) is 14.4 Å². The summed E-state index contributed by atoms with van der Waals surface area (Å²) in [4.78, 5) is 34.6. The van der Waals surface area contributed by atoms with Crippen LogP contribution in [0.4, 0.5) is 0 Å². The highest BCUT2D eigenvalue weighted by Crippen LogP contribution is 2.17. The predicted octanol–water partition coefficient (Wildman–Crippen LogP) is 0.494. The van der Waals surface area contributed by atoms with Crippen molar-refractivity contribution in [1.29, 1.82) is 0 Å². The molecule has 0 spiro atoms. The van der Waals surface area contributed by atoms with Gasteiger partial charge >= 0.3 is 5.97 Å². The standard InChI is InChI=1S/C15H20N2O5/c1-3-16-13(18)10-22-14(19)9-17-15(20)11-7-5-6-8-12(11)21-4-2/h5-8H,3-4,9-10H2,1-2H3,(H,16,18)(H,17,20). The lowest BCUT2D eigenvalue weighted by molar-refractivity contribution is -0.147. The molecule has 120 valence electrons. The second-order valence-corrected chi connectivity index (χ2v) is 4.23. The Morgan fingerprint density at radius 1 is 1.09 bits per heavy atom. The van der Waals surface area contributed by atoms with Crippen LogP contribution in [0.1, 0.15) is 24.2 Å². The van der Waals surface area contributed by atoms with Crippen molar-refractivity contribution in [2.75, 3.05) is 26.3 Å². The Hall–Kier alpha value is -2.57. The Kier molecular flexibility index (Phi) is 7.45. The third-order valence-electron chi connectivity index (χ3n) is 2.56. The zero-order chi connectivity index (χ0) is 16.4. The van der Waals surface area contributed by atoms with Crippen molar-refractivity contribution >= 4 is 17.8 Å². The zero-order valence-electron chi connectivity index (χ0n) is 12.7. The normalized spacial score (nSPS) is 9.73. The first-order valence-corrected chi connectivity index (χ1v) is 7.00. The Labute approximate surface area is 129 Å². The van der Waals surface area contributed by atoms with Gasteiger partial charge in [-0.1, -0.05) is 12.1 Å². The van der Waals surface area contributed by atoms with Gasteiger partial charge in [0.05, 0.1) is 12.2 Å². The van der Waals surface area contributed by atoms with E-state index in [2.05, 4.69) is 10.6 Å². The SMILES string of the molecule is CCNC(=O)COC(=O)CNC(=O)c1ccccc1OCC. The molecule has 0 aliphatic rings. The van der Waals surface area contributed by atoms with Crippen molar-refractivity contribution in [3.63, 3.8) is 0 Å². The largest absolute Gasteiger partial charge is 0.493 e. The molecule has 1 rings (SSSR count). The van der Waals surface area contributed by atoms with Gasteiger partial charge in [-0.25, -0.2) is 0 Å². The Balaban J connectivity index is 2.46. The number of amides is 2. The van der Waals surface area contributed by atoms with Crippen molar-refractivity contribution < 1.29 is 23.9 Å². The second kappa shape index (κ2) is 9.38. The Morgan fingerprint density at radius 3 is 2.50 bits per heavy atom. The van der Waals surface area contributed by atoms with Crippen LogP contribution >= 0.6 is 0 Å². The molecule has 0 fully saturated rings. The number of para-hydroxylation sites is 1. The summed E-state index contributed by atoms with van der Waals surface area (Å²) in [6.07, 6.45) is 0. The van der Waals surface area contributed by atoms with E-state index < -0.39 is 11.9 Å². The second-order valence-electron chi connectivity index (χ2n) is 4.23. The number of carbonyl (C=O) groups excluding carboxylic acids is 3. The quantitative estimate of drug-likeness (QED) is 0.682. The highest BCUT2D eigenvalue weighted by atomic mass is 16.5. The van der Waals surface area contributed by atoms with Gasteiger partial charge in [-0.2, -0.15) is 0 Å². The minimum absolute atomic E-state index is 0.321. The molecular formula is C15H20N2O5. The van der Waals surface area contributed by atoms with Gasteiger partial charge < -0.3 is 20.1 Å². The fraction of sp³-hybridized carbons (Fsp3) is 0.400. The molecule has 1 aromatic rings. The molecule has 7 heteroatoms. The predicted molar refractivity (Wildman–Crippen MR) is 79.6 cm³/mol. The molecule has 0 aliphatic carbocycles. The number of hydrogen-bond donors (Lipinski definition) is 2. The number of likely N-dealkylation sites (N-methyl/N-ethyl adjacent to an activating group) is 1. The van der Waals surface area contributed by atoms with E-state index in [0.29, 0.717) is 24.5 Å². The van der Waals surface area contributed by atoms with Crippen LogP contribution in [-0.2, 0) is 14.3 Å². The third kappa shape index (κ3) is 5.82. The van der Waals surface area contributed by atoms with Gasteiger partial charge in [0.2, 0.25) is 0 Å². The van der Waals surface area contributed by atoms with E-state index in [-0.39, 0.29) is 19.1 Å². The molecule has 1 aromatic carbocycles. The summed E-state index contributed by atoms with van der Waals surface area (Å²) in [7, 11) is 0. The van der Waals surface area contributed by atoms with Crippen LogP contribution in [0.5, 0.6) is 5.75 Å². The fourth-order valence-corrected chi connectivity index (χ4v) is 1.63. The minimum atomic E-state index is -0.687. The van der Waals surface area contributed by atoms with Gasteiger partial charge in [0.1, 0.15) is 12.3 Å². The van der Waals surface area contributed by atoms with Crippen molar-refractivity contribution in [3.8, 4) is 5.75 Å². The highest BCUT2D eigenvalue weighted by molar-refractivity contribution is 5.98. The number of esters is 1. The lowest BCUT2D eigenvalue weighted by Gasteiger charge is -2.10. The highest BCUT2D eigenvalue weighted by Gasteiger charge is 2.14. The van der Waals surface area contributed by atoms with Crippen molar-refractivity contribution in [3.05, 3.63) is 29.8 Å². The van der Waals surface area contributed by atoms with Crippen LogP contribution in [0.25, 0.3) is 0 Å². The molecule has 2 N–H and O–H groups in total.